The summed E-state index contributed by atoms with van der Waals surface area (Å²) in [6.45, 7) is 1.44. The van der Waals surface area contributed by atoms with E-state index in [2.05, 4.69) is 10.2 Å². The number of rotatable bonds is 6. The smallest absolute Gasteiger partial charge is 0.314 e. The van der Waals surface area contributed by atoms with Crippen LogP contribution in [0.25, 0.3) is 11.5 Å². The minimum Gasteiger partial charge on any atom is -0.415 e. The van der Waals surface area contributed by atoms with Crippen molar-refractivity contribution in [2.45, 2.75) is 38.0 Å². The van der Waals surface area contributed by atoms with E-state index < -0.39 is 24.5 Å². The van der Waals surface area contributed by atoms with Gasteiger partial charge in [0.25, 0.3) is 11.8 Å². The number of benzene rings is 2. The van der Waals surface area contributed by atoms with Gasteiger partial charge in [0.2, 0.25) is 5.89 Å². The van der Waals surface area contributed by atoms with E-state index >= 15 is 0 Å². The molecule has 0 aliphatic carbocycles. The van der Waals surface area contributed by atoms with E-state index in [4.69, 9.17) is 20.8 Å². The van der Waals surface area contributed by atoms with Crippen molar-refractivity contribution in [1.29, 1.82) is 0 Å². The van der Waals surface area contributed by atoms with Crippen LogP contribution in [0.1, 0.15) is 52.7 Å². The number of aliphatic hydroxyl groups is 1. The van der Waals surface area contributed by atoms with E-state index in [0.717, 1.165) is 5.56 Å². The maximum absolute atomic E-state index is 13.6. The van der Waals surface area contributed by atoms with E-state index in [9.17, 15) is 18.7 Å². The van der Waals surface area contributed by atoms with Gasteiger partial charge in [-0.1, -0.05) is 29.8 Å². The summed E-state index contributed by atoms with van der Waals surface area (Å²) in [5, 5.41) is 18.9. The van der Waals surface area contributed by atoms with Gasteiger partial charge in [0.05, 0.1) is 12.1 Å². The number of fused-ring (bicyclic) bond motifs is 1. The highest BCUT2D eigenvalue weighted by Gasteiger charge is 2.41. The molecule has 0 saturated carbocycles. The molecule has 1 N–H and O–H groups in total. The highest BCUT2D eigenvalue weighted by Crippen LogP contribution is 2.38. The van der Waals surface area contributed by atoms with Gasteiger partial charge in [0.1, 0.15) is 0 Å². The Bertz CT molecular complexity index is 1200. The molecule has 5 rings (SSSR count). The number of aliphatic hydroxyl groups excluding tert-OH is 1. The van der Waals surface area contributed by atoms with Crippen LogP contribution in [0, 0.1) is 5.92 Å². The summed E-state index contributed by atoms with van der Waals surface area (Å²) in [7, 11) is 0. The maximum Gasteiger partial charge on any atom is 0.314 e. The fourth-order valence-corrected chi connectivity index (χ4v) is 4.96. The van der Waals surface area contributed by atoms with Crippen LogP contribution in [0.4, 0.5) is 8.78 Å². The van der Waals surface area contributed by atoms with Crippen LogP contribution in [0.5, 0.6) is 0 Å². The highest BCUT2D eigenvalue weighted by molar-refractivity contribution is 6.30. The second kappa shape index (κ2) is 9.40. The van der Waals surface area contributed by atoms with Crippen molar-refractivity contribution in [3.63, 3.8) is 0 Å². The summed E-state index contributed by atoms with van der Waals surface area (Å²) >= 11 is 6.16. The number of hydrogen-bond acceptors (Lipinski definition) is 6. The third-order valence-corrected chi connectivity index (χ3v) is 6.67. The number of halogens is 3. The Hall–Kier alpha value is -2.88. The van der Waals surface area contributed by atoms with Crippen molar-refractivity contribution in [1.82, 2.24) is 15.1 Å². The topological polar surface area (TPSA) is 88.7 Å². The monoisotopic (exact) mass is 489 g/mol. The number of alkyl halides is 2. The van der Waals surface area contributed by atoms with Crippen LogP contribution in [-0.2, 0) is 11.3 Å². The Kier molecular flexibility index (Phi) is 6.33. The standard InChI is InChI=1S/C24H22ClF2N3O4/c25-17-3-1-2-14(10-17)20(31)19(13-6-8-33-9-7-13)30-12-16-5-4-15(11-18(16)24(30)32)22-28-29-23(34-22)21(26)27/h1-5,10-11,13,19-21,31H,6-9,12H2. The number of carbonyl (C=O) groups is 1. The van der Waals surface area contributed by atoms with Gasteiger partial charge < -0.3 is 19.2 Å². The van der Waals surface area contributed by atoms with Crippen molar-refractivity contribution >= 4 is 17.5 Å². The molecule has 0 spiro atoms. The molecule has 34 heavy (non-hydrogen) atoms. The van der Waals surface area contributed by atoms with Gasteiger partial charge >= 0.3 is 6.43 Å². The van der Waals surface area contributed by atoms with Crippen LogP contribution >= 0.6 is 11.6 Å². The van der Waals surface area contributed by atoms with E-state index in [-0.39, 0.29) is 17.7 Å². The van der Waals surface area contributed by atoms with Crippen molar-refractivity contribution < 1.29 is 27.8 Å². The molecule has 1 aromatic heterocycles. The molecule has 3 aromatic rings. The van der Waals surface area contributed by atoms with Crippen LogP contribution in [0.2, 0.25) is 5.02 Å². The SMILES string of the molecule is O=C1c2cc(-c3nnc(C(F)F)o3)ccc2CN1C(C1CCOCC1)C(O)c1cccc(Cl)c1. The third kappa shape index (κ3) is 4.31. The van der Waals surface area contributed by atoms with Crippen molar-refractivity contribution in [3.8, 4) is 11.5 Å². The van der Waals surface area contributed by atoms with Crippen LogP contribution < -0.4 is 0 Å². The molecule has 1 amide bonds. The molecule has 0 bridgehead atoms. The van der Waals surface area contributed by atoms with Crippen LogP contribution in [-0.4, -0.2) is 45.4 Å². The number of aromatic nitrogens is 2. The van der Waals surface area contributed by atoms with Crippen LogP contribution in [0.3, 0.4) is 0 Å². The lowest BCUT2D eigenvalue weighted by atomic mass is 9.84. The third-order valence-electron chi connectivity index (χ3n) is 6.44. The van der Waals surface area contributed by atoms with Crippen molar-refractivity contribution in [2.24, 2.45) is 5.92 Å². The summed E-state index contributed by atoms with van der Waals surface area (Å²) in [4.78, 5) is 15.2. The molecule has 2 aliphatic heterocycles. The number of amides is 1. The second-order valence-corrected chi connectivity index (χ2v) is 8.93. The molecular weight excluding hydrogens is 468 g/mol. The van der Waals surface area contributed by atoms with E-state index in [1.54, 1.807) is 47.4 Å². The minimum atomic E-state index is -2.87. The lowest BCUT2D eigenvalue weighted by Gasteiger charge is -2.39. The fourth-order valence-electron chi connectivity index (χ4n) is 4.76. The number of hydrogen-bond donors (Lipinski definition) is 1. The van der Waals surface area contributed by atoms with Crippen molar-refractivity contribution in [2.75, 3.05) is 13.2 Å². The number of carbonyl (C=O) groups excluding carboxylic acids is 1. The Labute approximate surface area is 199 Å². The highest BCUT2D eigenvalue weighted by atomic mass is 35.5. The fraction of sp³-hybridized carbons (Fsp3) is 0.375. The molecule has 2 atom stereocenters. The molecule has 0 radical (unpaired) electrons. The van der Waals surface area contributed by atoms with Gasteiger partial charge in [-0.3, -0.25) is 4.79 Å². The van der Waals surface area contributed by atoms with Gasteiger partial charge in [0.15, 0.2) is 0 Å². The van der Waals surface area contributed by atoms with E-state index in [1.165, 1.54) is 0 Å². The lowest BCUT2D eigenvalue weighted by Crippen LogP contribution is -2.46. The normalized spacial score (nSPS) is 18.4. The van der Waals surface area contributed by atoms with Gasteiger partial charge in [-0.2, -0.15) is 8.78 Å². The lowest BCUT2D eigenvalue weighted by molar-refractivity contribution is -0.0213. The second-order valence-electron chi connectivity index (χ2n) is 8.49. The average Bonchev–Trinajstić information content (AvgIpc) is 3.46. The summed E-state index contributed by atoms with van der Waals surface area (Å²) < 4.78 is 36.2. The maximum atomic E-state index is 13.6. The summed E-state index contributed by atoms with van der Waals surface area (Å²) in [6, 6.07) is 11.5. The first-order valence-electron chi connectivity index (χ1n) is 11.0. The van der Waals surface area contributed by atoms with E-state index in [1.807, 2.05) is 0 Å². The zero-order valence-corrected chi connectivity index (χ0v) is 18.8. The largest absolute Gasteiger partial charge is 0.415 e. The summed E-state index contributed by atoms with van der Waals surface area (Å²) in [5.41, 5.74) is 2.22. The molecule has 3 heterocycles. The zero-order valence-electron chi connectivity index (χ0n) is 18.0. The quantitative estimate of drug-likeness (QED) is 0.534. The number of nitrogens with zero attached hydrogens (tertiary/aromatic N) is 3. The first kappa shape index (κ1) is 22.9. The molecule has 2 aliphatic rings. The van der Waals surface area contributed by atoms with Gasteiger partial charge in [-0.25, -0.2) is 0 Å². The van der Waals surface area contributed by atoms with E-state index in [0.29, 0.717) is 54.3 Å². The predicted octanol–water partition coefficient (Wildman–Crippen LogP) is 4.81. The molecular formula is C24H22ClF2N3O4. The average molecular weight is 490 g/mol. The molecule has 2 unspecified atom stereocenters. The minimum absolute atomic E-state index is 0.0324. The first-order chi connectivity index (χ1) is 16.4. The predicted molar refractivity (Wildman–Crippen MR) is 118 cm³/mol. The molecule has 7 nitrogen and oxygen atoms in total. The number of ether oxygens (including phenoxy) is 1. The Morgan fingerprint density at radius 1 is 1.12 bits per heavy atom. The molecule has 178 valence electrons. The van der Waals surface area contributed by atoms with Crippen molar-refractivity contribution in [3.05, 3.63) is 70.1 Å². The Balaban J connectivity index is 1.47. The van der Waals surface area contributed by atoms with Gasteiger partial charge in [-0.05, 0) is 54.2 Å². The molecule has 2 aromatic carbocycles. The Morgan fingerprint density at radius 3 is 2.62 bits per heavy atom. The molecule has 10 heteroatoms. The van der Waals surface area contributed by atoms with Gasteiger partial charge in [-0.15, -0.1) is 10.2 Å². The Morgan fingerprint density at radius 2 is 1.91 bits per heavy atom. The molecule has 1 fully saturated rings. The summed E-state index contributed by atoms with van der Waals surface area (Å²) in [5.74, 6) is -1.06. The first-order valence-corrected chi connectivity index (χ1v) is 11.4. The zero-order chi connectivity index (χ0) is 23.8. The van der Waals surface area contributed by atoms with Gasteiger partial charge in [0, 0.05) is 35.9 Å². The summed E-state index contributed by atoms with van der Waals surface area (Å²) in [6.07, 6.45) is -2.39. The van der Waals surface area contributed by atoms with Crippen LogP contribution in [0.15, 0.2) is 46.9 Å². The molecule has 1 saturated heterocycles.